The van der Waals surface area contributed by atoms with Crippen molar-refractivity contribution >= 4 is 23.6 Å². The standard InChI is InChI=1S/C16H13F2NO5/c17-16(18)24-13-6-2-1-5-12(13)19-14(20)10-23-15(21)8-7-11-4-3-9-22-11/h1-9,16H,10H2,(H,19,20)/b8-7+. The van der Waals surface area contributed by atoms with Crippen LogP contribution in [0.2, 0.25) is 0 Å². The summed E-state index contributed by atoms with van der Waals surface area (Å²) in [7, 11) is 0. The van der Waals surface area contributed by atoms with E-state index in [2.05, 4.69) is 10.1 Å². The lowest BCUT2D eigenvalue weighted by Gasteiger charge is -2.11. The van der Waals surface area contributed by atoms with Gasteiger partial charge in [0.25, 0.3) is 5.91 Å². The molecule has 0 unspecified atom stereocenters. The van der Waals surface area contributed by atoms with E-state index in [1.165, 1.54) is 36.6 Å². The minimum absolute atomic E-state index is 0.0463. The van der Waals surface area contributed by atoms with Crippen LogP contribution in [-0.2, 0) is 14.3 Å². The van der Waals surface area contributed by atoms with Gasteiger partial charge in [-0.25, -0.2) is 4.79 Å². The van der Waals surface area contributed by atoms with Gasteiger partial charge in [0.1, 0.15) is 11.5 Å². The van der Waals surface area contributed by atoms with Crippen LogP contribution in [0.15, 0.2) is 53.2 Å². The highest BCUT2D eigenvalue weighted by Crippen LogP contribution is 2.25. The Morgan fingerprint density at radius 3 is 2.71 bits per heavy atom. The number of ether oxygens (including phenoxy) is 2. The van der Waals surface area contributed by atoms with Gasteiger partial charge in [-0.15, -0.1) is 0 Å². The number of amides is 1. The highest BCUT2D eigenvalue weighted by Gasteiger charge is 2.12. The van der Waals surface area contributed by atoms with Gasteiger partial charge >= 0.3 is 12.6 Å². The lowest BCUT2D eigenvalue weighted by molar-refractivity contribution is -0.142. The molecular formula is C16H13F2NO5. The predicted octanol–water partition coefficient (Wildman–Crippen LogP) is 3.08. The van der Waals surface area contributed by atoms with Gasteiger partial charge < -0.3 is 19.2 Å². The number of anilines is 1. The Balaban J connectivity index is 1.84. The third-order valence-electron chi connectivity index (χ3n) is 2.65. The van der Waals surface area contributed by atoms with Crippen LogP contribution in [0.1, 0.15) is 5.76 Å². The molecule has 0 fully saturated rings. The fourth-order valence-corrected chi connectivity index (χ4v) is 1.68. The molecule has 0 atom stereocenters. The smallest absolute Gasteiger partial charge is 0.387 e. The van der Waals surface area contributed by atoms with E-state index in [0.717, 1.165) is 6.08 Å². The molecule has 0 aliphatic heterocycles. The first kappa shape index (κ1) is 17.2. The van der Waals surface area contributed by atoms with Crippen molar-refractivity contribution in [3.05, 3.63) is 54.5 Å². The molecule has 1 N–H and O–H groups in total. The Kier molecular flexibility index (Phi) is 6.07. The summed E-state index contributed by atoms with van der Waals surface area (Å²) >= 11 is 0. The van der Waals surface area contributed by atoms with Crippen LogP contribution in [0.3, 0.4) is 0 Å². The Morgan fingerprint density at radius 1 is 1.21 bits per heavy atom. The number of hydrogen-bond donors (Lipinski definition) is 1. The first-order chi connectivity index (χ1) is 11.5. The van der Waals surface area contributed by atoms with Gasteiger partial charge in [0.05, 0.1) is 12.0 Å². The van der Waals surface area contributed by atoms with E-state index < -0.39 is 25.1 Å². The maximum Gasteiger partial charge on any atom is 0.387 e. The number of alkyl halides is 2. The van der Waals surface area contributed by atoms with E-state index in [4.69, 9.17) is 9.15 Å². The number of furan rings is 1. The molecule has 0 saturated carbocycles. The Hall–Kier alpha value is -3.16. The molecule has 2 aromatic rings. The fourth-order valence-electron chi connectivity index (χ4n) is 1.68. The molecule has 0 radical (unpaired) electrons. The van der Waals surface area contributed by atoms with Gasteiger partial charge in [-0.3, -0.25) is 4.79 Å². The van der Waals surface area contributed by atoms with Crippen molar-refractivity contribution in [1.29, 1.82) is 0 Å². The molecular weight excluding hydrogens is 324 g/mol. The summed E-state index contributed by atoms with van der Waals surface area (Å²) in [5.74, 6) is -1.18. The number of carbonyl (C=O) groups is 2. The molecule has 1 aromatic carbocycles. The largest absolute Gasteiger partial charge is 0.465 e. The summed E-state index contributed by atoms with van der Waals surface area (Å²) in [6.45, 7) is -3.60. The third-order valence-corrected chi connectivity index (χ3v) is 2.65. The van der Waals surface area contributed by atoms with E-state index in [9.17, 15) is 18.4 Å². The van der Waals surface area contributed by atoms with Crippen LogP contribution in [0.5, 0.6) is 5.75 Å². The van der Waals surface area contributed by atoms with Crippen molar-refractivity contribution in [3.63, 3.8) is 0 Å². The summed E-state index contributed by atoms with van der Waals surface area (Å²) in [4.78, 5) is 23.2. The van der Waals surface area contributed by atoms with Crippen LogP contribution < -0.4 is 10.1 Å². The number of esters is 1. The summed E-state index contributed by atoms with van der Waals surface area (Å²) in [5, 5.41) is 2.32. The highest BCUT2D eigenvalue weighted by molar-refractivity contribution is 5.95. The first-order valence-corrected chi connectivity index (χ1v) is 6.76. The van der Waals surface area contributed by atoms with Crippen LogP contribution in [0, 0.1) is 0 Å². The zero-order valence-corrected chi connectivity index (χ0v) is 12.3. The quantitative estimate of drug-likeness (QED) is 0.620. The molecule has 2 rings (SSSR count). The summed E-state index contributed by atoms with van der Waals surface area (Å²) in [5.41, 5.74) is 0.0463. The van der Waals surface area contributed by atoms with Crippen LogP contribution in [0.25, 0.3) is 6.08 Å². The number of rotatable bonds is 7. The maximum atomic E-state index is 12.3. The second-order valence-electron chi connectivity index (χ2n) is 4.38. The van der Waals surface area contributed by atoms with E-state index in [1.54, 1.807) is 12.1 Å². The predicted molar refractivity (Wildman–Crippen MR) is 80.4 cm³/mol. The minimum Gasteiger partial charge on any atom is -0.465 e. The molecule has 1 amide bonds. The van der Waals surface area contributed by atoms with Crippen molar-refractivity contribution < 1.29 is 32.3 Å². The topological polar surface area (TPSA) is 77.8 Å². The van der Waals surface area contributed by atoms with E-state index in [0.29, 0.717) is 5.76 Å². The van der Waals surface area contributed by atoms with Crippen molar-refractivity contribution in [3.8, 4) is 5.75 Å². The van der Waals surface area contributed by atoms with Gasteiger partial charge in [-0.1, -0.05) is 12.1 Å². The second-order valence-corrected chi connectivity index (χ2v) is 4.38. The van der Waals surface area contributed by atoms with Crippen LogP contribution in [0.4, 0.5) is 14.5 Å². The Morgan fingerprint density at radius 2 is 2.00 bits per heavy atom. The number of halogens is 2. The van der Waals surface area contributed by atoms with Crippen molar-refractivity contribution in [2.45, 2.75) is 6.61 Å². The van der Waals surface area contributed by atoms with Crippen molar-refractivity contribution in [1.82, 2.24) is 0 Å². The molecule has 0 aliphatic carbocycles. The van der Waals surface area contributed by atoms with Gasteiger partial charge in [0.15, 0.2) is 6.61 Å². The van der Waals surface area contributed by atoms with E-state index in [1.807, 2.05) is 0 Å². The molecule has 24 heavy (non-hydrogen) atoms. The van der Waals surface area contributed by atoms with Crippen molar-refractivity contribution in [2.75, 3.05) is 11.9 Å². The van der Waals surface area contributed by atoms with Gasteiger partial charge in [0.2, 0.25) is 0 Å². The maximum absolute atomic E-state index is 12.3. The molecule has 0 saturated heterocycles. The molecule has 1 aromatic heterocycles. The van der Waals surface area contributed by atoms with Crippen LogP contribution >= 0.6 is 0 Å². The Bertz CT molecular complexity index is 713. The summed E-state index contributed by atoms with van der Waals surface area (Å²) < 4.78 is 38.5. The fraction of sp³-hybridized carbons (Fsp3) is 0.125. The van der Waals surface area contributed by atoms with Gasteiger partial charge in [-0.2, -0.15) is 8.78 Å². The molecule has 1 heterocycles. The van der Waals surface area contributed by atoms with E-state index in [-0.39, 0.29) is 11.4 Å². The molecule has 0 spiro atoms. The third kappa shape index (κ3) is 5.56. The normalized spacial score (nSPS) is 10.8. The lowest BCUT2D eigenvalue weighted by Crippen LogP contribution is -2.20. The molecule has 126 valence electrons. The average molecular weight is 337 g/mol. The highest BCUT2D eigenvalue weighted by atomic mass is 19.3. The monoisotopic (exact) mass is 337 g/mol. The molecule has 0 bridgehead atoms. The summed E-state index contributed by atoms with van der Waals surface area (Å²) in [6.07, 6.45) is 3.92. The van der Waals surface area contributed by atoms with Gasteiger partial charge in [0, 0.05) is 6.08 Å². The minimum atomic E-state index is -3.02. The van der Waals surface area contributed by atoms with Crippen molar-refractivity contribution in [2.24, 2.45) is 0 Å². The molecule has 0 aliphatic rings. The lowest BCUT2D eigenvalue weighted by atomic mass is 10.3. The van der Waals surface area contributed by atoms with Crippen LogP contribution in [-0.4, -0.2) is 25.1 Å². The summed E-state index contributed by atoms with van der Waals surface area (Å²) in [6, 6.07) is 8.96. The molecule has 6 nitrogen and oxygen atoms in total. The average Bonchev–Trinajstić information content (AvgIpc) is 3.06. The zero-order chi connectivity index (χ0) is 17.4. The number of nitrogens with one attached hydrogen (secondary N) is 1. The Labute approximate surface area is 135 Å². The number of benzene rings is 1. The van der Waals surface area contributed by atoms with E-state index >= 15 is 0 Å². The second kappa shape index (κ2) is 8.47. The number of para-hydroxylation sites is 2. The zero-order valence-electron chi connectivity index (χ0n) is 12.3. The van der Waals surface area contributed by atoms with Gasteiger partial charge in [-0.05, 0) is 30.3 Å². The number of carbonyl (C=O) groups excluding carboxylic acids is 2. The number of hydrogen-bond acceptors (Lipinski definition) is 5. The first-order valence-electron chi connectivity index (χ1n) is 6.76. The SMILES string of the molecule is O=C(COC(=O)/C=C/c1ccco1)Nc1ccccc1OC(F)F. The molecule has 8 heteroatoms.